The molecule has 0 amide bonds. The van der Waals surface area contributed by atoms with E-state index >= 15 is 0 Å². The van der Waals surface area contributed by atoms with Crippen LogP contribution in [0.25, 0.3) is 0 Å². The SMILES string of the molecule is O=c1[nH]c(=S)[nH]c2c1SCC2. The van der Waals surface area contributed by atoms with Gasteiger partial charge >= 0.3 is 0 Å². The number of hydrogen-bond donors (Lipinski definition) is 2. The highest BCUT2D eigenvalue weighted by molar-refractivity contribution is 7.99. The Balaban J connectivity index is 2.80. The zero-order chi connectivity index (χ0) is 7.84. The molecule has 0 atom stereocenters. The number of thioether (sulfide) groups is 1. The number of aryl methyl sites for hydroxylation is 1. The molecule has 1 aromatic rings. The number of aromatic amines is 2. The van der Waals surface area contributed by atoms with Crippen LogP contribution in [-0.4, -0.2) is 15.7 Å². The van der Waals surface area contributed by atoms with Crippen molar-refractivity contribution in [1.29, 1.82) is 0 Å². The number of H-pyrrole nitrogens is 2. The van der Waals surface area contributed by atoms with Crippen molar-refractivity contribution in [3.05, 3.63) is 20.8 Å². The minimum absolute atomic E-state index is 0.0498. The summed E-state index contributed by atoms with van der Waals surface area (Å²) in [5.74, 6) is 0.980. The molecule has 2 N–H and O–H groups in total. The Labute approximate surface area is 72.2 Å². The molecule has 0 fully saturated rings. The first-order valence-corrected chi connectivity index (χ1v) is 4.65. The molecular weight excluding hydrogens is 180 g/mol. The molecule has 2 heterocycles. The fraction of sp³-hybridized carbons (Fsp3) is 0.333. The molecule has 1 aromatic heterocycles. The third kappa shape index (κ3) is 1.14. The lowest BCUT2D eigenvalue weighted by Gasteiger charge is -1.94. The average molecular weight is 186 g/mol. The smallest absolute Gasteiger partial charge is 0.265 e. The molecule has 5 heteroatoms. The van der Waals surface area contributed by atoms with Gasteiger partial charge in [0, 0.05) is 11.4 Å². The summed E-state index contributed by atoms with van der Waals surface area (Å²) in [6, 6.07) is 0. The first-order valence-electron chi connectivity index (χ1n) is 3.25. The van der Waals surface area contributed by atoms with E-state index in [1.165, 1.54) is 0 Å². The van der Waals surface area contributed by atoms with Crippen LogP contribution in [0.4, 0.5) is 0 Å². The fourth-order valence-corrected chi connectivity index (χ4v) is 2.34. The lowest BCUT2D eigenvalue weighted by molar-refractivity contribution is 0.930. The Hall–Kier alpha value is -0.550. The molecule has 0 radical (unpaired) electrons. The summed E-state index contributed by atoms with van der Waals surface area (Å²) in [6.07, 6.45) is 0.924. The lowest BCUT2D eigenvalue weighted by Crippen LogP contribution is -2.10. The van der Waals surface area contributed by atoms with Crippen LogP contribution < -0.4 is 5.56 Å². The van der Waals surface area contributed by atoms with Gasteiger partial charge in [-0.05, 0) is 18.6 Å². The molecule has 0 aromatic carbocycles. The second-order valence-corrected chi connectivity index (χ2v) is 3.83. The Morgan fingerprint density at radius 1 is 1.45 bits per heavy atom. The van der Waals surface area contributed by atoms with Gasteiger partial charge in [-0.2, -0.15) is 0 Å². The Morgan fingerprint density at radius 3 is 3.09 bits per heavy atom. The van der Waals surface area contributed by atoms with Crippen LogP contribution in [-0.2, 0) is 6.42 Å². The van der Waals surface area contributed by atoms with Crippen LogP contribution in [0.2, 0.25) is 0 Å². The molecule has 0 spiro atoms. The van der Waals surface area contributed by atoms with Crippen LogP contribution in [0.15, 0.2) is 9.69 Å². The Bertz CT molecular complexity index is 392. The second kappa shape index (κ2) is 2.49. The van der Waals surface area contributed by atoms with E-state index < -0.39 is 0 Å². The van der Waals surface area contributed by atoms with Gasteiger partial charge in [-0.3, -0.25) is 9.78 Å². The molecule has 0 bridgehead atoms. The summed E-state index contributed by atoms with van der Waals surface area (Å²) in [4.78, 5) is 17.5. The van der Waals surface area contributed by atoms with Gasteiger partial charge in [0.1, 0.15) is 0 Å². The largest absolute Gasteiger partial charge is 0.335 e. The van der Waals surface area contributed by atoms with Crippen molar-refractivity contribution in [3.8, 4) is 0 Å². The molecule has 1 aliphatic rings. The van der Waals surface area contributed by atoms with Gasteiger partial charge in [0.2, 0.25) is 0 Å². The first-order chi connectivity index (χ1) is 5.27. The van der Waals surface area contributed by atoms with Gasteiger partial charge in [0.25, 0.3) is 5.56 Å². The Kier molecular flexibility index (Phi) is 1.61. The highest BCUT2D eigenvalue weighted by Gasteiger charge is 2.14. The average Bonchev–Trinajstić information content (AvgIpc) is 2.34. The molecular formula is C6H6N2OS2. The van der Waals surface area contributed by atoms with Crippen molar-refractivity contribution < 1.29 is 0 Å². The summed E-state index contributed by atoms with van der Waals surface area (Å²) in [5.41, 5.74) is 0.940. The number of fused-ring (bicyclic) bond motifs is 1. The predicted octanol–water partition coefficient (Wildman–Crippen LogP) is 1.08. The van der Waals surface area contributed by atoms with Crippen molar-refractivity contribution in [3.63, 3.8) is 0 Å². The monoisotopic (exact) mass is 186 g/mol. The van der Waals surface area contributed by atoms with E-state index in [-0.39, 0.29) is 5.56 Å². The van der Waals surface area contributed by atoms with Crippen molar-refractivity contribution in [2.45, 2.75) is 11.3 Å². The predicted molar refractivity (Wildman–Crippen MR) is 46.7 cm³/mol. The van der Waals surface area contributed by atoms with Gasteiger partial charge in [0.15, 0.2) is 4.77 Å². The summed E-state index contributed by atoms with van der Waals surface area (Å²) < 4.78 is 0.427. The highest BCUT2D eigenvalue weighted by atomic mass is 32.2. The minimum atomic E-state index is -0.0498. The highest BCUT2D eigenvalue weighted by Crippen LogP contribution is 2.25. The molecule has 2 rings (SSSR count). The van der Waals surface area contributed by atoms with Crippen LogP contribution >= 0.6 is 24.0 Å². The van der Waals surface area contributed by atoms with E-state index in [0.29, 0.717) is 4.77 Å². The van der Waals surface area contributed by atoms with E-state index in [1.54, 1.807) is 11.8 Å². The normalized spacial score (nSPS) is 14.9. The third-order valence-corrected chi connectivity index (χ3v) is 2.90. The van der Waals surface area contributed by atoms with E-state index in [2.05, 4.69) is 9.97 Å². The summed E-state index contributed by atoms with van der Waals surface area (Å²) >= 11 is 6.40. The first kappa shape index (κ1) is 7.12. The maximum absolute atomic E-state index is 11.2. The molecule has 0 saturated carbocycles. The Morgan fingerprint density at radius 2 is 2.27 bits per heavy atom. The standard InChI is InChI=1S/C6H6N2OS2/c9-5-4-3(1-2-11-4)7-6(10)8-5/h1-2H2,(H2,7,8,9,10). The number of hydrogen-bond acceptors (Lipinski definition) is 3. The molecule has 0 saturated heterocycles. The zero-order valence-corrected chi connectivity index (χ0v) is 7.27. The zero-order valence-electron chi connectivity index (χ0n) is 5.64. The topological polar surface area (TPSA) is 48.6 Å². The van der Waals surface area contributed by atoms with Crippen molar-refractivity contribution in [1.82, 2.24) is 9.97 Å². The minimum Gasteiger partial charge on any atom is -0.335 e. The number of aromatic nitrogens is 2. The van der Waals surface area contributed by atoms with Gasteiger partial charge < -0.3 is 4.98 Å². The van der Waals surface area contributed by atoms with E-state index in [9.17, 15) is 4.79 Å². The van der Waals surface area contributed by atoms with Crippen LogP contribution in [0, 0.1) is 4.77 Å². The van der Waals surface area contributed by atoms with Crippen LogP contribution in [0.5, 0.6) is 0 Å². The molecule has 0 aliphatic carbocycles. The van der Waals surface area contributed by atoms with Crippen LogP contribution in [0.3, 0.4) is 0 Å². The van der Waals surface area contributed by atoms with E-state index in [0.717, 1.165) is 22.8 Å². The lowest BCUT2D eigenvalue weighted by atomic mass is 10.3. The number of nitrogens with one attached hydrogen (secondary N) is 2. The van der Waals surface area contributed by atoms with Crippen molar-refractivity contribution in [2.24, 2.45) is 0 Å². The fourth-order valence-electron chi connectivity index (χ4n) is 1.11. The van der Waals surface area contributed by atoms with Gasteiger partial charge in [0.05, 0.1) is 4.90 Å². The second-order valence-electron chi connectivity index (χ2n) is 2.31. The maximum atomic E-state index is 11.2. The molecule has 58 valence electrons. The molecule has 1 aliphatic heterocycles. The number of rotatable bonds is 0. The van der Waals surface area contributed by atoms with E-state index in [1.807, 2.05) is 0 Å². The van der Waals surface area contributed by atoms with Gasteiger partial charge in [-0.25, -0.2) is 0 Å². The van der Waals surface area contributed by atoms with Gasteiger partial charge in [-0.1, -0.05) is 0 Å². The molecule has 3 nitrogen and oxygen atoms in total. The van der Waals surface area contributed by atoms with E-state index in [4.69, 9.17) is 12.2 Å². The quantitative estimate of drug-likeness (QED) is 0.596. The van der Waals surface area contributed by atoms with Crippen LogP contribution in [0.1, 0.15) is 5.69 Å². The molecule has 0 unspecified atom stereocenters. The summed E-state index contributed by atoms with van der Waals surface area (Å²) in [5, 5.41) is 0. The molecule has 11 heavy (non-hydrogen) atoms. The van der Waals surface area contributed by atoms with Crippen molar-refractivity contribution in [2.75, 3.05) is 5.75 Å². The third-order valence-electron chi connectivity index (χ3n) is 1.57. The maximum Gasteiger partial charge on any atom is 0.265 e. The summed E-state index contributed by atoms with van der Waals surface area (Å²) in [7, 11) is 0. The van der Waals surface area contributed by atoms with Gasteiger partial charge in [-0.15, -0.1) is 11.8 Å². The summed E-state index contributed by atoms with van der Waals surface area (Å²) in [6.45, 7) is 0. The van der Waals surface area contributed by atoms with Crippen molar-refractivity contribution >= 4 is 24.0 Å².